The maximum absolute atomic E-state index is 11.1. The van der Waals surface area contributed by atoms with Gasteiger partial charge in [0, 0.05) is 25.8 Å². The van der Waals surface area contributed by atoms with Crippen molar-refractivity contribution in [2.24, 2.45) is 0 Å². The smallest absolute Gasteiger partial charge is 0.264 e. The number of pyridine rings is 1. The third-order valence-corrected chi connectivity index (χ3v) is 4.01. The molecule has 0 saturated carbocycles. The molecule has 2 aromatic rings. The average molecular weight is 350 g/mol. The van der Waals surface area contributed by atoms with Crippen LogP contribution < -0.4 is 0 Å². The summed E-state index contributed by atoms with van der Waals surface area (Å²) < 4.78 is 27.0. The van der Waals surface area contributed by atoms with Gasteiger partial charge in [-0.15, -0.1) is 0 Å². The molecule has 0 aliphatic carbocycles. The van der Waals surface area contributed by atoms with E-state index in [1.807, 2.05) is 41.3 Å². The number of hydrogen-bond acceptors (Lipinski definition) is 6. The van der Waals surface area contributed by atoms with E-state index in [0.29, 0.717) is 25.3 Å². The maximum atomic E-state index is 11.1. The second-order valence-corrected chi connectivity index (χ2v) is 7.16. The Bertz CT molecular complexity index is 708. The van der Waals surface area contributed by atoms with E-state index in [2.05, 4.69) is 4.98 Å². The van der Waals surface area contributed by atoms with Crippen LogP contribution in [0.1, 0.15) is 17.4 Å². The summed E-state index contributed by atoms with van der Waals surface area (Å²) in [7, 11) is -3.47. The highest BCUT2D eigenvalue weighted by molar-refractivity contribution is 7.85. The average Bonchev–Trinajstić information content (AvgIpc) is 2.55. The van der Waals surface area contributed by atoms with Crippen molar-refractivity contribution in [2.45, 2.75) is 12.6 Å². The lowest BCUT2D eigenvalue weighted by Gasteiger charge is -2.24. The molecule has 0 saturated heterocycles. The van der Waals surface area contributed by atoms with Crippen LogP contribution in [0.15, 0.2) is 54.7 Å². The first-order valence-electron chi connectivity index (χ1n) is 7.64. The van der Waals surface area contributed by atoms with E-state index < -0.39 is 16.2 Å². The van der Waals surface area contributed by atoms with Gasteiger partial charge < -0.3 is 5.11 Å². The molecule has 0 aliphatic rings. The third kappa shape index (κ3) is 6.76. The molecule has 24 heavy (non-hydrogen) atoms. The summed E-state index contributed by atoms with van der Waals surface area (Å²) in [5, 5.41) is 10.4. The molecule has 0 fully saturated rings. The van der Waals surface area contributed by atoms with Crippen LogP contribution >= 0.6 is 0 Å². The van der Waals surface area contributed by atoms with Gasteiger partial charge in [-0.3, -0.25) is 14.1 Å². The first kappa shape index (κ1) is 18.5. The Morgan fingerprint density at radius 1 is 1.17 bits per heavy atom. The Labute approximate surface area is 142 Å². The van der Waals surface area contributed by atoms with E-state index in [4.69, 9.17) is 4.18 Å². The fourth-order valence-electron chi connectivity index (χ4n) is 2.31. The van der Waals surface area contributed by atoms with Crippen LogP contribution in [-0.4, -0.2) is 49.4 Å². The van der Waals surface area contributed by atoms with E-state index in [0.717, 1.165) is 11.8 Å². The molecule has 1 aromatic carbocycles. The van der Waals surface area contributed by atoms with Crippen molar-refractivity contribution in [3.63, 3.8) is 0 Å². The second kappa shape index (κ2) is 8.89. The Hall–Kier alpha value is -1.80. The van der Waals surface area contributed by atoms with Gasteiger partial charge in [-0.05, 0) is 17.7 Å². The third-order valence-electron chi connectivity index (χ3n) is 3.41. The highest BCUT2D eigenvalue weighted by atomic mass is 32.2. The molecule has 0 spiro atoms. The van der Waals surface area contributed by atoms with E-state index in [-0.39, 0.29) is 6.61 Å². The van der Waals surface area contributed by atoms with Gasteiger partial charge >= 0.3 is 0 Å². The van der Waals surface area contributed by atoms with Gasteiger partial charge in [-0.1, -0.05) is 36.4 Å². The van der Waals surface area contributed by atoms with Crippen LogP contribution in [0.3, 0.4) is 0 Å². The van der Waals surface area contributed by atoms with Crippen molar-refractivity contribution in [3.8, 4) is 0 Å². The Morgan fingerprint density at radius 3 is 2.50 bits per heavy atom. The molecule has 2 rings (SSSR count). The van der Waals surface area contributed by atoms with Crippen LogP contribution in [-0.2, 0) is 20.8 Å². The van der Waals surface area contributed by atoms with Crippen molar-refractivity contribution in [1.82, 2.24) is 9.88 Å². The molecule has 1 aromatic heterocycles. The van der Waals surface area contributed by atoms with Crippen molar-refractivity contribution in [2.75, 3.05) is 26.0 Å². The second-order valence-electron chi connectivity index (χ2n) is 5.52. The lowest BCUT2D eigenvalue weighted by Crippen LogP contribution is -2.32. The van der Waals surface area contributed by atoms with Gasteiger partial charge in [0.15, 0.2) is 0 Å². The highest BCUT2D eigenvalue weighted by Gasteiger charge is 2.15. The van der Waals surface area contributed by atoms with Crippen molar-refractivity contribution >= 4 is 10.1 Å². The number of benzene rings is 1. The molecule has 0 aliphatic heterocycles. The molecule has 0 bridgehead atoms. The maximum Gasteiger partial charge on any atom is 0.264 e. The summed E-state index contributed by atoms with van der Waals surface area (Å²) in [6, 6.07) is 15.2. The van der Waals surface area contributed by atoms with Crippen LogP contribution in [0.25, 0.3) is 0 Å². The van der Waals surface area contributed by atoms with Gasteiger partial charge in [0.1, 0.15) is 6.10 Å². The predicted molar refractivity (Wildman–Crippen MR) is 91.7 cm³/mol. The zero-order valence-electron chi connectivity index (χ0n) is 13.6. The molecular weight excluding hydrogens is 328 g/mol. The van der Waals surface area contributed by atoms with E-state index in [1.165, 1.54) is 0 Å². The molecule has 1 atom stereocenters. The quantitative estimate of drug-likeness (QED) is 0.692. The summed E-state index contributed by atoms with van der Waals surface area (Å²) in [5.74, 6) is 0. The molecule has 1 heterocycles. The number of hydrogen-bond donors (Lipinski definition) is 1. The highest BCUT2D eigenvalue weighted by Crippen LogP contribution is 2.13. The molecule has 1 unspecified atom stereocenters. The first-order valence-corrected chi connectivity index (χ1v) is 9.45. The number of aromatic nitrogens is 1. The summed E-state index contributed by atoms with van der Waals surface area (Å²) >= 11 is 0. The summed E-state index contributed by atoms with van der Waals surface area (Å²) in [5.41, 5.74) is 1.66. The molecule has 0 radical (unpaired) electrons. The molecule has 7 heteroatoms. The summed E-state index contributed by atoms with van der Waals surface area (Å²) in [6.45, 7) is 1.34. The van der Waals surface area contributed by atoms with E-state index in [9.17, 15) is 13.5 Å². The first-order chi connectivity index (χ1) is 11.4. The van der Waals surface area contributed by atoms with Gasteiger partial charge in [0.25, 0.3) is 10.1 Å². The standard InChI is InChI=1S/C17H22N2O4S/c1-24(21,22)23-12-11-19(13-15-7-3-2-4-8-15)14-17(20)16-9-5-6-10-18-16/h2-10,17,20H,11-14H2,1H3. The lowest BCUT2D eigenvalue weighted by atomic mass is 10.1. The minimum absolute atomic E-state index is 0.0423. The normalized spacial score (nSPS) is 13.1. The Balaban J connectivity index is 2.01. The Morgan fingerprint density at radius 2 is 1.88 bits per heavy atom. The summed E-state index contributed by atoms with van der Waals surface area (Å²) in [6.07, 6.45) is 1.90. The van der Waals surface area contributed by atoms with Crippen molar-refractivity contribution in [3.05, 3.63) is 66.0 Å². The molecular formula is C17H22N2O4S. The topological polar surface area (TPSA) is 79.7 Å². The minimum Gasteiger partial charge on any atom is -0.385 e. The van der Waals surface area contributed by atoms with Crippen LogP contribution in [0.5, 0.6) is 0 Å². The van der Waals surface area contributed by atoms with E-state index in [1.54, 1.807) is 18.3 Å². The molecule has 0 amide bonds. The zero-order valence-corrected chi connectivity index (χ0v) is 14.4. The Kier molecular flexibility index (Phi) is 6.86. The van der Waals surface area contributed by atoms with Gasteiger partial charge in [-0.2, -0.15) is 8.42 Å². The van der Waals surface area contributed by atoms with Gasteiger partial charge in [-0.25, -0.2) is 0 Å². The monoisotopic (exact) mass is 350 g/mol. The van der Waals surface area contributed by atoms with Crippen molar-refractivity contribution < 1.29 is 17.7 Å². The minimum atomic E-state index is -3.47. The number of aliphatic hydroxyl groups is 1. The predicted octanol–water partition coefficient (Wildman–Crippen LogP) is 1.59. The number of aliphatic hydroxyl groups excluding tert-OH is 1. The number of nitrogens with zero attached hydrogens (tertiary/aromatic N) is 2. The van der Waals surface area contributed by atoms with Gasteiger partial charge in [0.05, 0.1) is 18.6 Å². The van der Waals surface area contributed by atoms with Crippen LogP contribution in [0.2, 0.25) is 0 Å². The van der Waals surface area contributed by atoms with Crippen LogP contribution in [0, 0.1) is 0 Å². The zero-order chi connectivity index (χ0) is 17.4. The number of rotatable bonds is 9. The van der Waals surface area contributed by atoms with Crippen molar-refractivity contribution in [1.29, 1.82) is 0 Å². The fraction of sp³-hybridized carbons (Fsp3) is 0.353. The lowest BCUT2D eigenvalue weighted by molar-refractivity contribution is 0.0966. The van der Waals surface area contributed by atoms with E-state index >= 15 is 0 Å². The summed E-state index contributed by atoms with van der Waals surface area (Å²) in [4.78, 5) is 6.10. The van der Waals surface area contributed by atoms with Gasteiger partial charge in [0.2, 0.25) is 0 Å². The molecule has 6 nitrogen and oxygen atoms in total. The SMILES string of the molecule is CS(=O)(=O)OCCN(Cc1ccccc1)CC(O)c1ccccn1. The fourth-order valence-corrected chi connectivity index (χ4v) is 2.68. The largest absolute Gasteiger partial charge is 0.385 e. The van der Waals surface area contributed by atoms with Crippen LogP contribution in [0.4, 0.5) is 0 Å². The molecule has 1 N–H and O–H groups in total. The molecule has 130 valence electrons.